The Hall–Kier alpha value is -2.77. The van der Waals surface area contributed by atoms with E-state index in [-0.39, 0.29) is 81.0 Å². The van der Waals surface area contributed by atoms with Crippen LogP contribution in [-0.4, -0.2) is 99.1 Å². The fraction of sp³-hybridized carbons (Fsp3) is 0.444. The van der Waals surface area contributed by atoms with Crippen LogP contribution in [0.2, 0.25) is 5.02 Å². The Morgan fingerprint density at radius 1 is 0.871 bits per heavy atom. The van der Waals surface area contributed by atoms with Gasteiger partial charge >= 0.3 is 5.97 Å². The summed E-state index contributed by atoms with van der Waals surface area (Å²) in [5, 5.41) is 49.6. The van der Waals surface area contributed by atoms with Crippen molar-refractivity contribution in [2.24, 2.45) is 0 Å². The van der Waals surface area contributed by atoms with Crippen molar-refractivity contribution >= 4 is 41.1 Å². The molecule has 13 heteroatoms. The van der Waals surface area contributed by atoms with E-state index in [1.165, 1.54) is 21.9 Å². The number of hydrogen-bond acceptors (Lipinski definition) is 11. The maximum Gasteiger partial charge on any atom is 0.337 e. The first kappa shape index (κ1) is 24.5. The van der Waals surface area contributed by atoms with Crippen LogP contribution >= 0.6 is 11.6 Å². The largest absolute Gasteiger partial charge is 0.478 e. The average Bonchev–Trinajstić information content (AvgIpc) is 2.74. The van der Waals surface area contributed by atoms with Crippen LogP contribution in [0.15, 0.2) is 18.2 Å². The number of nitrogens with zero attached hydrogens (tertiary/aromatic N) is 5. The topological polar surface area (TPSA) is 175 Å². The van der Waals surface area contributed by atoms with Gasteiger partial charge in [0.1, 0.15) is 0 Å². The van der Waals surface area contributed by atoms with Gasteiger partial charge in [-0.15, -0.1) is 0 Å². The lowest BCUT2D eigenvalue weighted by Crippen LogP contribution is -2.34. The Morgan fingerprint density at radius 2 is 1.35 bits per heavy atom. The van der Waals surface area contributed by atoms with Gasteiger partial charge in [-0.1, -0.05) is 11.6 Å². The molecule has 0 amide bonds. The first-order chi connectivity index (χ1) is 14.9. The number of carboxylic acids is 1. The van der Waals surface area contributed by atoms with Crippen LogP contribution in [0.4, 0.5) is 23.5 Å². The third kappa shape index (κ3) is 6.87. The molecule has 0 saturated heterocycles. The molecule has 2 rings (SSSR count). The summed E-state index contributed by atoms with van der Waals surface area (Å²) in [6.45, 7) is -0.248. The van der Waals surface area contributed by atoms with Gasteiger partial charge in [-0.2, -0.15) is 15.0 Å². The smallest absolute Gasteiger partial charge is 0.337 e. The summed E-state index contributed by atoms with van der Waals surface area (Å²) in [7, 11) is 0. The van der Waals surface area contributed by atoms with Crippen molar-refractivity contribution < 1.29 is 30.3 Å². The Balaban J connectivity index is 2.49. The predicted octanol–water partition coefficient (Wildman–Crippen LogP) is -0.451. The SMILES string of the molecule is O=C(O)c1cc(Nc2nc(N(CCO)CCO)nc(N(CCO)CCO)n2)ccc1Cl. The molecular formula is C18H25ClN6O6. The third-order valence-electron chi connectivity index (χ3n) is 4.11. The fourth-order valence-electron chi connectivity index (χ4n) is 2.70. The van der Waals surface area contributed by atoms with Gasteiger partial charge in [0.25, 0.3) is 0 Å². The van der Waals surface area contributed by atoms with Gasteiger partial charge in [0, 0.05) is 31.9 Å². The minimum absolute atomic E-state index is 0.0559. The molecule has 0 saturated carbocycles. The van der Waals surface area contributed by atoms with Gasteiger partial charge in [0.2, 0.25) is 17.8 Å². The number of anilines is 4. The van der Waals surface area contributed by atoms with E-state index in [0.29, 0.717) is 5.69 Å². The highest BCUT2D eigenvalue weighted by atomic mass is 35.5. The number of halogens is 1. The summed E-state index contributed by atoms with van der Waals surface area (Å²) in [6, 6.07) is 4.30. The predicted molar refractivity (Wildman–Crippen MR) is 114 cm³/mol. The van der Waals surface area contributed by atoms with Gasteiger partial charge < -0.3 is 40.6 Å². The van der Waals surface area contributed by atoms with E-state index >= 15 is 0 Å². The number of carbonyl (C=O) groups is 1. The highest BCUT2D eigenvalue weighted by Gasteiger charge is 2.18. The van der Waals surface area contributed by atoms with Crippen LogP contribution in [0.3, 0.4) is 0 Å². The Bertz CT molecular complexity index is 827. The van der Waals surface area contributed by atoms with Crippen LogP contribution < -0.4 is 15.1 Å². The van der Waals surface area contributed by atoms with Crippen molar-refractivity contribution in [3.63, 3.8) is 0 Å². The van der Waals surface area contributed by atoms with Crippen molar-refractivity contribution in [3.8, 4) is 0 Å². The van der Waals surface area contributed by atoms with Crippen LogP contribution in [0.1, 0.15) is 10.4 Å². The van der Waals surface area contributed by atoms with Gasteiger partial charge in [-0.05, 0) is 18.2 Å². The molecule has 170 valence electrons. The zero-order valence-electron chi connectivity index (χ0n) is 16.6. The number of nitrogens with one attached hydrogen (secondary N) is 1. The average molecular weight is 457 g/mol. The Labute approximate surface area is 183 Å². The van der Waals surface area contributed by atoms with Gasteiger partial charge in [-0.25, -0.2) is 4.79 Å². The second kappa shape index (κ2) is 12.2. The van der Waals surface area contributed by atoms with Crippen molar-refractivity contribution in [2.75, 3.05) is 67.7 Å². The number of hydrogen-bond donors (Lipinski definition) is 6. The molecule has 2 aromatic rings. The minimum Gasteiger partial charge on any atom is -0.478 e. The molecule has 0 aliphatic carbocycles. The standard InChI is InChI=1S/C18H25ClN6O6/c19-14-2-1-12(11-13(14)15(30)31)20-16-21-17(24(3-7-26)4-8-27)23-18(22-16)25(5-9-28)6-10-29/h1-2,11,26-29H,3-10H2,(H,30,31)(H,20,21,22,23). The second-order valence-corrected chi connectivity index (χ2v) is 6.66. The number of benzene rings is 1. The molecule has 0 radical (unpaired) electrons. The first-order valence-electron chi connectivity index (χ1n) is 9.42. The molecule has 0 bridgehead atoms. The molecule has 0 spiro atoms. The zero-order valence-corrected chi connectivity index (χ0v) is 17.4. The molecule has 0 unspecified atom stereocenters. The lowest BCUT2D eigenvalue weighted by Gasteiger charge is -2.25. The lowest BCUT2D eigenvalue weighted by molar-refractivity contribution is 0.0697. The van der Waals surface area contributed by atoms with Crippen molar-refractivity contribution in [2.45, 2.75) is 0 Å². The summed E-state index contributed by atoms with van der Waals surface area (Å²) >= 11 is 5.91. The normalized spacial score (nSPS) is 10.7. The van der Waals surface area contributed by atoms with E-state index in [2.05, 4.69) is 20.3 Å². The Morgan fingerprint density at radius 3 is 1.77 bits per heavy atom. The highest BCUT2D eigenvalue weighted by molar-refractivity contribution is 6.33. The Kier molecular flexibility index (Phi) is 9.62. The van der Waals surface area contributed by atoms with Crippen LogP contribution in [-0.2, 0) is 0 Å². The van der Waals surface area contributed by atoms with Crippen molar-refractivity contribution in [1.82, 2.24) is 15.0 Å². The van der Waals surface area contributed by atoms with Crippen molar-refractivity contribution in [1.29, 1.82) is 0 Å². The molecule has 6 N–H and O–H groups in total. The van der Waals surface area contributed by atoms with Gasteiger partial charge in [-0.3, -0.25) is 0 Å². The number of aliphatic hydroxyl groups excluding tert-OH is 4. The second-order valence-electron chi connectivity index (χ2n) is 6.25. The van der Waals surface area contributed by atoms with Crippen LogP contribution in [0.5, 0.6) is 0 Å². The van der Waals surface area contributed by atoms with Crippen molar-refractivity contribution in [3.05, 3.63) is 28.8 Å². The number of aromatic carboxylic acids is 1. The van der Waals surface area contributed by atoms with E-state index < -0.39 is 5.97 Å². The minimum atomic E-state index is -1.19. The van der Waals surface area contributed by atoms with E-state index in [0.717, 1.165) is 0 Å². The molecule has 0 aliphatic rings. The summed E-state index contributed by atoms with van der Waals surface area (Å²) in [4.78, 5) is 27.4. The highest BCUT2D eigenvalue weighted by Crippen LogP contribution is 2.24. The number of aliphatic hydroxyl groups is 4. The number of carboxylic acid groups (broad SMARTS) is 1. The van der Waals surface area contributed by atoms with E-state index in [1.54, 1.807) is 6.07 Å². The maximum absolute atomic E-state index is 11.3. The van der Waals surface area contributed by atoms with E-state index in [9.17, 15) is 30.3 Å². The summed E-state index contributed by atoms with van der Waals surface area (Å²) in [5.41, 5.74) is 0.252. The molecular weight excluding hydrogens is 432 g/mol. The summed E-state index contributed by atoms with van der Waals surface area (Å²) in [6.07, 6.45) is 0. The zero-order chi connectivity index (χ0) is 22.8. The molecule has 1 aromatic carbocycles. The van der Waals surface area contributed by atoms with Crippen LogP contribution in [0.25, 0.3) is 0 Å². The van der Waals surface area contributed by atoms with Crippen LogP contribution in [0, 0.1) is 0 Å². The lowest BCUT2D eigenvalue weighted by atomic mass is 10.2. The number of aromatic nitrogens is 3. The maximum atomic E-state index is 11.3. The first-order valence-corrected chi connectivity index (χ1v) is 9.80. The molecule has 1 heterocycles. The summed E-state index contributed by atoms with van der Waals surface area (Å²) < 4.78 is 0. The van der Waals surface area contributed by atoms with E-state index in [1.807, 2.05) is 0 Å². The molecule has 0 aliphatic heterocycles. The monoisotopic (exact) mass is 456 g/mol. The van der Waals surface area contributed by atoms with E-state index in [4.69, 9.17) is 11.6 Å². The van der Waals surface area contributed by atoms with Gasteiger partial charge in [0.05, 0.1) is 37.0 Å². The number of rotatable bonds is 13. The summed E-state index contributed by atoms with van der Waals surface area (Å²) in [5.74, 6) is -0.854. The fourth-order valence-corrected chi connectivity index (χ4v) is 2.89. The molecule has 0 atom stereocenters. The third-order valence-corrected chi connectivity index (χ3v) is 4.44. The molecule has 1 aromatic heterocycles. The molecule has 0 fully saturated rings. The van der Waals surface area contributed by atoms with Gasteiger partial charge in [0.15, 0.2) is 0 Å². The molecule has 31 heavy (non-hydrogen) atoms. The molecule has 12 nitrogen and oxygen atoms in total. The quantitative estimate of drug-likeness (QED) is 0.229.